The number of halogens is 2. The SMILES string of the molecule is COc1ccccc1CC(=O)N1CCc2[nH]c(Br)c(Br)c2C1. The van der Waals surface area contributed by atoms with E-state index in [1.165, 1.54) is 5.69 Å². The Morgan fingerprint density at radius 2 is 2.14 bits per heavy atom. The van der Waals surface area contributed by atoms with Crippen LogP contribution in [0.1, 0.15) is 16.8 Å². The Morgan fingerprint density at radius 1 is 1.36 bits per heavy atom. The number of carbonyl (C=O) groups is 1. The second-order valence-electron chi connectivity index (χ2n) is 5.26. The first-order valence-corrected chi connectivity index (χ1v) is 8.63. The maximum atomic E-state index is 12.6. The zero-order valence-electron chi connectivity index (χ0n) is 12.2. The number of para-hydroxylation sites is 1. The number of aromatic amines is 1. The molecule has 0 unspecified atom stereocenters. The van der Waals surface area contributed by atoms with Crippen molar-refractivity contribution >= 4 is 37.8 Å². The average molecular weight is 428 g/mol. The van der Waals surface area contributed by atoms with Crippen molar-refractivity contribution < 1.29 is 9.53 Å². The van der Waals surface area contributed by atoms with Crippen molar-refractivity contribution in [1.82, 2.24) is 9.88 Å². The highest BCUT2D eigenvalue weighted by atomic mass is 79.9. The molecule has 116 valence electrons. The summed E-state index contributed by atoms with van der Waals surface area (Å²) in [6.45, 7) is 1.37. The zero-order chi connectivity index (χ0) is 15.7. The molecule has 0 saturated heterocycles. The van der Waals surface area contributed by atoms with Gasteiger partial charge in [-0.3, -0.25) is 4.79 Å². The smallest absolute Gasteiger partial charge is 0.227 e. The van der Waals surface area contributed by atoms with E-state index in [0.29, 0.717) is 13.0 Å². The standard InChI is InChI=1S/C16H16Br2N2O2/c1-22-13-5-3-2-4-10(13)8-14(21)20-7-6-12-11(9-20)15(17)16(18)19-12/h2-5,19H,6-9H2,1H3. The van der Waals surface area contributed by atoms with Gasteiger partial charge < -0.3 is 14.6 Å². The third kappa shape index (κ3) is 2.94. The molecule has 0 aliphatic carbocycles. The number of hydrogen-bond acceptors (Lipinski definition) is 2. The Morgan fingerprint density at radius 3 is 2.91 bits per heavy atom. The van der Waals surface area contributed by atoms with E-state index in [-0.39, 0.29) is 5.91 Å². The predicted octanol–water partition coefficient (Wildman–Crippen LogP) is 3.68. The maximum absolute atomic E-state index is 12.6. The summed E-state index contributed by atoms with van der Waals surface area (Å²) in [6, 6.07) is 7.67. The molecule has 0 radical (unpaired) electrons. The number of hydrogen-bond donors (Lipinski definition) is 1. The number of carbonyl (C=O) groups excluding carboxylic acids is 1. The number of ether oxygens (including phenoxy) is 1. The molecule has 1 aliphatic rings. The third-order valence-electron chi connectivity index (χ3n) is 3.95. The van der Waals surface area contributed by atoms with Crippen molar-refractivity contribution in [3.05, 3.63) is 50.2 Å². The van der Waals surface area contributed by atoms with Crippen molar-refractivity contribution in [3.8, 4) is 5.75 Å². The van der Waals surface area contributed by atoms with E-state index in [0.717, 1.165) is 38.9 Å². The van der Waals surface area contributed by atoms with Crippen molar-refractivity contribution in [2.45, 2.75) is 19.4 Å². The summed E-state index contributed by atoms with van der Waals surface area (Å²) in [5.41, 5.74) is 3.28. The Kier molecular flexibility index (Phi) is 4.59. The molecule has 1 aromatic heterocycles. The fourth-order valence-electron chi connectivity index (χ4n) is 2.76. The quantitative estimate of drug-likeness (QED) is 0.811. The highest BCUT2D eigenvalue weighted by Gasteiger charge is 2.25. The molecule has 0 saturated carbocycles. The molecule has 22 heavy (non-hydrogen) atoms. The molecular formula is C16H16Br2N2O2. The van der Waals surface area contributed by atoms with Crippen LogP contribution in [0.15, 0.2) is 33.3 Å². The topological polar surface area (TPSA) is 45.3 Å². The molecule has 1 aliphatic heterocycles. The summed E-state index contributed by atoms with van der Waals surface area (Å²) in [5, 5.41) is 0. The number of methoxy groups -OCH3 is 1. The molecule has 0 atom stereocenters. The van der Waals surface area contributed by atoms with Crippen molar-refractivity contribution in [1.29, 1.82) is 0 Å². The van der Waals surface area contributed by atoms with Gasteiger partial charge in [-0.1, -0.05) is 18.2 Å². The van der Waals surface area contributed by atoms with Gasteiger partial charge >= 0.3 is 0 Å². The molecule has 2 aromatic rings. The van der Waals surface area contributed by atoms with Crippen LogP contribution in [-0.2, 0) is 24.2 Å². The second-order valence-corrected chi connectivity index (χ2v) is 6.85. The number of nitrogens with zero attached hydrogens (tertiary/aromatic N) is 1. The zero-order valence-corrected chi connectivity index (χ0v) is 15.3. The number of H-pyrrole nitrogens is 1. The van der Waals surface area contributed by atoms with Crippen LogP contribution < -0.4 is 4.74 Å². The summed E-state index contributed by atoms with van der Waals surface area (Å²) in [7, 11) is 1.63. The summed E-state index contributed by atoms with van der Waals surface area (Å²) in [4.78, 5) is 17.8. The Balaban J connectivity index is 1.75. The fraction of sp³-hybridized carbons (Fsp3) is 0.312. The molecule has 1 amide bonds. The first-order valence-electron chi connectivity index (χ1n) is 7.04. The van der Waals surface area contributed by atoms with Gasteiger partial charge in [0, 0.05) is 36.3 Å². The van der Waals surface area contributed by atoms with Gasteiger partial charge in [0.05, 0.1) is 22.6 Å². The molecular weight excluding hydrogens is 412 g/mol. The van der Waals surface area contributed by atoms with Gasteiger partial charge in [-0.2, -0.15) is 0 Å². The van der Waals surface area contributed by atoms with Crippen LogP contribution in [-0.4, -0.2) is 29.4 Å². The summed E-state index contributed by atoms with van der Waals surface area (Å²) in [5.74, 6) is 0.887. The number of rotatable bonds is 3. The highest BCUT2D eigenvalue weighted by Crippen LogP contribution is 2.33. The van der Waals surface area contributed by atoms with Gasteiger partial charge in [-0.05, 0) is 37.9 Å². The van der Waals surface area contributed by atoms with E-state index in [1.54, 1.807) is 7.11 Å². The molecule has 3 rings (SSSR count). The van der Waals surface area contributed by atoms with Gasteiger partial charge in [0.15, 0.2) is 0 Å². The molecule has 2 heterocycles. The number of amides is 1. The number of nitrogens with one attached hydrogen (secondary N) is 1. The molecule has 1 N–H and O–H groups in total. The van der Waals surface area contributed by atoms with Crippen molar-refractivity contribution in [2.75, 3.05) is 13.7 Å². The maximum Gasteiger partial charge on any atom is 0.227 e. The minimum atomic E-state index is 0.124. The Hall–Kier alpha value is -1.27. The van der Waals surface area contributed by atoms with Crippen LogP contribution in [0.4, 0.5) is 0 Å². The molecule has 0 spiro atoms. The molecule has 0 fully saturated rings. The van der Waals surface area contributed by atoms with E-state index in [2.05, 4.69) is 36.8 Å². The first-order chi connectivity index (χ1) is 10.6. The summed E-state index contributed by atoms with van der Waals surface area (Å²) < 4.78 is 7.28. The highest BCUT2D eigenvalue weighted by molar-refractivity contribution is 9.13. The number of benzene rings is 1. The molecule has 6 heteroatoms. The lowest BCUT2D eigenvalue weighted by atomic mass is 10.1. The lowest BCUT2D eigenvalue weighted by Crippen LogP contribution is -2.36. The third-order valence-corrected chi connectivity index (χ3v) is 5.95. The molecule has 1 aromatic carbocycles. The lowest BCUT2D eigenvalue weighted by Gasteiger charge is -2.27. The van der Waals surface area contributed by atoms with Gasteiger partial charge in [0.25, 0.3) is 0 Å². The predicted molar refractivity (Wildman–Crippen MR) is 92.0 cm³/mol. The Bertz CT molecular complexity index is 712. The lowest BCUT2D eigenvalue weighted by molar-refractivity contribution is -0.131. The first kappa shape index (κ1) is 15.6. The van der Waals surface area contributed by atoms with Crippen LogP contribution in [0, 0.1) is 0 Å². The number of fused-ring (bicyclic) bond motifs is 1. The van der Waals surface area contributed by atoms with Gasteiger partial charge in [-0.25, -0.2) is 0 Å². The number of aromatic nitrogens is 1. The van der Waals surface area contributed by atoms with Crippen LogP contribution >= 0.6 is 31.9 Å². The van der Waals surface area contributed by atoms with E-state index in [4.69, 9.17) is 4.74 Å². The van der Waals surface area contributed by atoms with E-state index >= 15 is 0 Å². The largest absolute Gasteiger partial charge is 0.496 e. The fourth-order valence-corrected chi connectivity index (χ4v) is 3.70. The Labute approximate surface area is 146 Å². The molecule has 0 bridgehead atoms. The normalized spacial score (nSPS) is 13.9. The van der Waals surface area contributed by atoms with Crippen molar-refractivity contribution in [2.24, 2.45) is 0 Å². The van der Waals surface area contributed by atoms with Crippen LogP contribution in [0.25, 0.3) is 0 Å². The van der Waals surface area contributed by atoms with Gasteiger partial charge in [0.1, 0.15) is 5.75 Å². The van der Waals surface area contributed by atoms with E-state index in [1.807, 2.05) is 29.2 Å². The molecule has 4 nitrogen and oxygen atoms in total. The summed E-state index contributed by atoms with van der Waals surface area (Å²) in [6.07, 6.45) is 1.21. The van der Waals surface area contributed by atoms with Gasteiger partial charge in [0.2, 0.25) is 5.91 Å². The second kappa shape index (κ2) is 6.46. The minimum absolute atomic E-state index is 0.124. The monoisotopic (exact) mass is 426 g/mol. The van der Waals surface area contributed by atoms with Crippen LogP contribution in [0.2, 0.25) is 0 Å². The van der Waals surface area contributed by atoms with Crippen molar-refractivity contribution in [3.63, 3.8) is 0 Å². The minimum Gasteiger partial charge on any atom is -0.496 e. The van der Waals surface area contributed by atoms with E-state index in [9.17, 15) is 4.79 Å². The average Bonchev–Trinajstić information content (AvgIpc) is 2.82. The van der Waals surface area contributed by atoms with E-state index < -0.39 is 0 Å². The summed E-state index contributed by atoms with van der Waals surface area (Å²) >= 11 is 7.05. The van der Waals surface area contributed by atoms with Crippen LogP contribution in [0.3, 0.4) is 0 Å². The van der Waals surface area contributed by atoms with Crippen LogP contribution in [0.5, 0.6) is 5.75 Å². The van der Waals surface area contributed by atoms with Gasteiger partial charge in [-0.15, -0.1) is 0 Å².